The molecule has 9 nitrogen and oxygen atoms in total. The van der Waals surface area contributed by atoms with Crippen LogP contribution in [-0.4, -0.2) is 16.7 Å². The maximum atomic E-state index is 12.1. The predicted molar refractivity (Wildman–Crippen MR) is 97.5 cm³/mol. The normalized spacial score (nSPS) is 10.1. The molecule has 3 aromatic rings. The molecule has 0 aliphatic carbocycles. The predicted octanol–water partition coefficient (Wildman–Crippen LogP) is 2.84. The van der Waals surface area contributed by atoms with E-state index in [1.807, 2.05) is 18.2 Å². The van der Waals surface area contributed by atoms with Crippen molar-refractivity contribution in [1.82, 2.24) is 10.9 Å². The van der Waals surface area contributed by atoms with Gasteiger partial charge in [0.2, 0.25) is 0 Å². The average molecular weight is 381 g/mol. The van der Waals surface area contributed by atoms with E-state index in [1.54, 1.807) is 18.2 Å². The van der Waals surface area contributed by atoms with Crippen molar-refractivity contribution < 1.29 is 23.7 Å². The zero-order valence-corrected chi connectivity index (χ0v) is 14.5. The van der Waals surface area contributed by atoms with Crippen molar-refractivity contribution in [2.75, 3.05) is 0 Å². The molecule has 0 spiro atoms. The van der Waals surface area contributed by atoms with Gasteiger partial charge in [-0.1, -0.05) is 30.3 Å². The van der Waals surface area contributed by atoms with E-state index in [9.17, 15) is 19.7 Å². The Kier molecular flexibility index (Phi) is 5.66. The Labute approximate surface area is 159 Å². The highest BCUT2D eigenvalue weighted by Crippen LogP contribution is 2.17. The van der Waals surface area contributed by atoms with Crippen LogP contribution >= 0.6 is 0 Å². The standard InChI is InChI=1S/C19H15N3O6/c23-18(15-8-4-5-9-16(15)22(25)26)20-21-19(24)17-11-10-14(28-17)12-27-13-6-2-1-3-7-13/h1-11H,12H2,(H,20,23)(H,21,24). The number of carbonyl (C=O) groups excluding carboxylic acids is 2. The average Bonchev–Trinajstić information content (AvgIpc) is 3.20. The number of nitro groups is 1. The van der Waals surface area contributed by atoms with Crippen molar-refractivity contribution in [2.45, 2.75) is 6.61 Å². The van der Waals surface area contributed by atoms with Crippen LogP contribution < -0.4 is 15.6 Å². The Morgan fingerprint density at radius 3 is 2.36 bits per heavy atom. The summed E-state index contributed by atoms with van der Waals surface area (Å²) in [5, 5.41) is 11.0. The third-order valence-corrected chi connectivity index (χ3v) is 3.64. The number of rotatable bonds is 6. The van der Waals surface area contributed by atoms with Gasteiger partial charge in [0.1, 0.15) is 23.7 Å². The summed E-state index contributed by atoms with van der Waals surface area (Å²) in [6.45, 7) is 0.125. The van der Waals surface area contributed by atoms with E-state index in [-0.39, 0.29) is 23.6 Å². The summed E-state index contributed by atoms with van der Waals surface area (Å²) in [5.74, 6) is -0.507. The van der Waals surface area contributed by atoms with E-state index < -0.39 is 16.7 Å². The van der Waals surface area contributed by atoms with Crippen LogP contribution in [0, 0.1) is 10.1 Å². The zero-order valence-electron chi connectivity index (χ0n) is 14.5. The lowest BCUT2D eigenvalue weighted by molar-refractivity contribution is -0.385. The molecule has 3 rings (SSSR count). The SMILES string of the molecule is O=C(NNC(=O)c1ccccc1[N+](=O)[O-])c1ccc(COc2ccccc2)o1. The number of hydrazine groups is 1. The molecule has 0 aliphatic heterocycles. The van der Waals surface area contributed by atoms with E-state index in [4.69, 9.17) is 9.15 Å². The third kappa shape index (κ3) is 4.52. The number of ether oxygens (including phenoxy) is 1. The minimum absolute atomic E-state index is 0.0467. The Hall–Kier alpha value is -4.14. The summed E-state index contributed by atoms with van der Waals surface area (Å²) in [6.07, 6.45) is 0. The summed E-state index contributed by atoms with van der Waals surface area (Å²) >= 11 is 0. The lowest BCUT2D eigenvalue weighted by atomic mass is 10.2. The number of nitrogens with one attached hydrogen (secondary N) is 2. The lowest BCUT2D eigenvalue weighted by Gasteiger charge is -2.06. The molecule has 2 amide bonds. The van der Waals surface area contributed by atoms with E-state index in [2.05, 4.69) is 10.9 Å². The first kappa shape index (κ1) is 18.6. The van der Waals surface area contributed by atoms with Crippen molar-refractivity contribution in [3.63, 3.8) is 0 Å². The number of benzene rings is 2. The van der Waals surface area contributed by atoms with Crippen LogP contribution in [0.25, 0.3) is 0 Å². The molecule has 1 aromatic heterocycles. The van der Waals surface area contributed by atoms with Crippen LogP contribution in [0.4, 0.5) is 5.69 Å². The molecule has 1 heterocycles. The summed E-state index contributed by atoms with van der Waals surface area (Å²) in [6, 6.07) is 17.5. The highest BCUT2D eigenvalue weighted by molar-refractivity contribution is 6.00. The molecular formula is C19H15N3O6. The van der Waals surface area contributed by atoms with Gasteiger partial charge in [-0.2, -0.15) is 0 Å². The number of carbonyl (C=O) groups is 2. The van der Waals surface area contributed by atoms with Crippen LogP contribution in [0.2, 0.25) is 0 Å². The van der Waals surface area contributed by atoms with E-state index >= 15 is 0 Å². The molecule has 0 aliphatic rings. The number of nitrogens with zero attached hydrogens (tertiary/aromatic N) is 1. The Morgan fingerprint density at radius 2 is 1.61 bits per heavy atom. The minimum Gasteiger partial charge on any atom is -0.486 e. The molecule has 28 heavy (non-hydrogen) atoms. The van der Waals surface area contributed by atoms with Gasteiger partial charge in [-0.25, -0.2) is 0 Å². The smallest absolute Gasteiger partial charge is 0.305 e. The number of para-hydroxylation sites is 2. The van der Waals surface area contributed by atoms with Gasteiger partial charge < -0.3 is 9.15 Å². The Bertz CT molecular complexity index is 1000. The highest BCUT2D eigenvalue weighted by atomic mass is 16.6. The van der Waals surface area contributed by atoms with Gasteiger partial charge in [-0.05, 0) is 30.3 Å². The second-order valence-electron chi connectivity index (χ2n) is 5.55. The van der Waals surface area contributed by atoms with Crippen LogP contribution in [-0.2, 0) is 6.61 Å². The lowest BCUT2D eigenvalue weighted by Crippen LogP contribution is -2.41. The molecule has 0 saturated heterocycles. The second kappa shape index (κ2) is 8.49. The zero-order chi connectivity index (χ0) is 19.9. The summed E-state index contributed by atoms with van der Waals surface area (Å²) in [7, 11) is 0. The molecule has 9 heteroatoms. The van der Waals surface area contributed by atoms with Gasteiger partial charge in [0.25, 0.3) is 11.6 Å². The molecular weight excluding hydrogens is 366 g/mol. The summed E-state index contributed by atoms with van der Waals surface area (Å²) in [4.78, 5) is 34.5. The van der Waals surface area contributed by atoms with Crippen LogP contribution in [0.15, 0.2) is 71.1 Å². The number of hydrogen-bond acceptors (Lipinski definition) is 6. The maximum Gasteiger partial charge on any atom is 0.305 e. The first-order valence-corrected chi connectivity index (χ1v) is 8.15. The van der Waals surface area contributed by atoms with Crippen molar-refractivity contribution >= 4 is 17.5 Å². The molecule has 0 atom stereocenters. The quantitative estimate of drug-likeness (QED) is 0.500. The van der Waals surface area contributed by atoms with Crippen molar-refractivity contribution in [2.24, 2.45) is 0 Å². The fourth-order valence-electron chi connectivity index (χ4n) is 2.32. The van der Waals surface area contributed by atoms with Gasteiger partial charge in [-0.3, -0.25) is 30.6 Å². The largest absolute Gasteiger partial charge is 0.486 e. The first-order valence-electron chi connectivity index (χ1n) is 8.15. The maximum absolute atomic E-state index is 12.1. The molecule has 0 fully saturated rings. The number of amides is 2. The van der Waals surface area contributed by atoms with E-state index in [0.29, 0.717) is 11.5 Å². The summed E-state index contributed by atoms with van der Waals surface area (Å²) in [5.41, 5.74) is 3.74. The monoisotopic (exact) mass is 381 g/mol. The molecule has 0 bridgehead atoms. The minimum atomic E-state index is -0.820. The molecule has 0 saturated carbocycles. The second-order valence-corrected chi connectivity index (χ2v) is 5.55. The van der Waals surface area contributed by atoms with Gasteiger partial charge in [0, 0.05) is 6.07 Å². The number of nitro benzene ring substituents is 1. The summed E-state index contributed by atoms with van der Waals surface area (Å²) < 4.78 is 10.9. The van der Waals surface area contributed by atoms with Gasteiger partial charge >= 0.3 is 5.91 Å². The Morgan fingerprint density at radius 1 is 0.929 bits per heavy atom. The van der Waals surface area contributed by atoms with Gasteiger partial charge in [0.15, 0.2) is 5.76 Å². The van der Waals surface area contributed by atoms with Crippen molar-refractivity contribution in [1.29, 1.82) is 0 Å². The van der Waals surface area contributed by atoms with Gasteiger partial charge in [-0.15, -0.1) is 0 Å². The number of hydrogen-bond donors (Lipinski definition) is 2. The third-order valence-electron chi connectivity index (χ3n) is 3.64. The van der Waals surface area contributed by atoms with Gasteiger partial charge in [0.05, 0.1) is 4.92 Å². The van der Waals surface area contributed by atoms with Crippen LogP contribution in [0.3, 0.4) is 0 Å². The first-order chi connectivity index (χ1) is 13.5. The molecule has 0 unspecified atom stereocenters. The van der Waals surface area contributed by atoms with Crippen molar-refractivity contribution in [3.8, 4) is 5.75 Å². The van der Waals surface area contributed by atoms with Crippen molar-refractivity contribution in [3.05, 3.63) is 93.9 Å². The molecule has 2 aromatic carbocycles. The fraction of sp³-hybridized carbons (Fsp3) is 0.0526. The molecule has 2 N–H and O–H groups in total. The van der Waals surface area contributed by atoms with E-state index in [1.165, 1.54) is 30.3 Å². The van der Waals surface area contributed by atoms with Crippen LogP contribution in [0.1, 0.15) is 26.7 Å². The Balaban J connectivity index is 1.56. The fourth-order valence-corrected chi connectivity index (χ4v) is 2.32. The highest BCUT2D eigenvalue weighted by Gasteiger charge is 2.20. The molecule has 142 valence electrons. The number of furan rings is 1. The van der Waals surface area contributed by atoms with E-state index in [0.717, 1.165) is 0 Å². The molecule has 0 radical (unpaired) electrons. The topological polar surface area (TPSA) is 124 Å². The van der Waals surface area contributed by atoms with Crippen LogP contribution in [0.5, 0.6) is 5.75 Å².